The van der Waals surface area contributed by atoms with Gasteiger partial charge in [0.2, 0.25) is 11.7 Å². The number of hydrogen-bond donors (Lipinski definition) is 1. The summed E-state index contributed by atoms with van der Waals surface area (Å²) in [4.78, 5) is 16.7. The topological polar surface area (TPSA) is 77.2 Å². The van der Waals surface area contributed by atoms with Crippen molar-refractivity contribution < 1.29 is 14.1 Å². The number of hydrogen-bond acceptors (Lipinski definition) is 5. The number of carbonyl (C=O) groups excluding carboxylic acids is 1. The third-order valence-corrected chi connectivity index (χ3v) is 4.17. The van der Waals surface area contributed by atoms with Gasteiger partial charge in [0, 0.05) is 10.6 Å². The highest BCUT2D eigenvalue weighted by molar-refractivity contribution is 6.30. The maximum atomic E-state index is 12.4. The van der Waals surface area contributed by atoms with Crippen LogP contribution in [0, 0.1) is 6.92 Å². The Hall–Kier alpha value is -2.86. The summed E-state index contributed by atoms with van der Waals surface area (Å²) in [6.45, 7) is 4.00. The average molecular weight is 386 g/mol. The molecular weight excluding hydrogens is 366 g/mol. The van der Waals surface area contributed by atoms with Crippen LogP contribution in [-0.4, -0.2) is 22.2 Å². The molecule has 1 N–H and O–H groups in total. The lowest BCUT2D eigenvalue weighted by Gasteiger charge is -2.17. The molecule has 27 heavy (non-hydrogen) atoms. The number of nitrogens with zero attached hydrogens (tertiary/aromatic N) is 2. The Morgan fingerprint density at radius 2 is 2.04 bits per heavy atom. The van der Waals surface area contributed by atoms with Gasteiger partial charge >= 0.3 is 0 Å². The van der Waals surface area contributed by atoms with Crippen LogP contribution in [0.4, 0.5) is 0 Å². The molecule has 0 aliphatic carbocycles. The quantitative estimate of drug-likeness (QED) is 0.660. The first-order valence-electron chi connectivity index (χ1n) is 8.64. The molecule has 7 heteroatoms. The zero-order chi connectivity index (χ0) is 19.2. The molecule has 0 aliphatic heterocycles. The summed E-state index contributed by atoms with van der Waals surface area (Å²) in [7, 11) is 0. The predicted molar refractivity (Wildman–Crippen MR) is 102 cm³/mol. The number of carbonyl (C=O) groups is 1. The molecule has 0 saturated carbocycles. The maximum absolute atomic E-state index is 12.4. The molecule has 6 nitrogen and oxygen atoms in total. The second-order valence-electron chi connectivity index (χ2n) is 6.07. The molecule has 1 atom stereocenters. The number of amides is 1. The molecule has 0 spiro atoms. The molecule has 3 aromatic rings. The zero-order valence-electron chi connectivity index (χ0n) is 15.1. The minimum Gasteiger partial charge on any atom is -0.481 e. The molecule has 0 radical (unpaired) electrons. The van der Waals surface area contributed by atoms with Crippen LogP contribution in [0.15, 0.2) is 53.1 Å². The van der Waals surface area contributed by atoms with E-state index >= 15 is 0 Å². The van der Waals surface area contributed by atoms with Crippen molar-refractivity contribution in [1.29, 1.82) is 0 Å². The van der Waals surface area contributed by atoms with Gasteiger partial charge in [0.1, 0.15) is 5.75 Å². The second-order valence-corrected chi connectivity index (χ2v) is 6.50. The SMILES string of the molecule is CCC(Oc1cccc(C)c1)C(=O)NCc1nc(-c2ccc(Cl)cc2)no1. The normalized spacial score (nSPS) is 11.8. The molecule has 3 rings (SSSR count). The van der Waals surface area contributed by atoms with Crippen molar-refractivity contribution in [2.75, 3.05) is 0 Å². The summed E-state index contributed by atoms with van der Waals surface area (Å²) in [6, 6.07) is 14.7. The number of rotatable bonds is 7. The van der Waals surface area contributed by atoms with Gasteiger partial charge in [-0.2, -0.15) is 4.98 Å². The summed E-state index contributed by atoms with van der Waals surface area (Å²) in [5.74, 6) is 1.20. The van der Waals surface area contributed by atoms with Crippen molar-refractivity contribution >= 4 is 17.5 Å². The average Bonchev–Trinajstić information content (AvgIpc) is 3.14. The molecule has 0 saturated heterocycles. The van der Waals surface area contributed by atoms with Gasteiger partial charge < -0.3 is 14.6 Å². The number of halogens is 1. The van der Waals surface area contributed by atoms with E-state index in [9.17, 15) is 4.79 Å². The highest BCUT2D eigenvalue weighted by atomic mass is 35.5. The van der Waals surface area contributed by atoms with Crippen LogP contribution in [0.1, 0.15) is 24.8 Å². The van der Waals surface area contributed by atoms with Gasteiger partial charge in [0.25, 0.3) is 5.91 Å². The van der Waals surface area contributed by atoms with E-state index in [4.69, 9.17) is 20.9 Å². The molecule has 140 valence electrons. The van der Waals surface area contributed by atoms with Crippen molar-refractivity contribution in [2.24, 2.45) is 0 Å². The number of nitrogens with one attached hydrogen (secondary N) is 1. The van der Waals surface area contributed by atoms with E-state index in [1.54, 1.807) is 24.3 Å². The third-order valence-electron chi connectivity index (χ3n) is 3.92. The summed E-state index contributed by atoms with van der Waals surface area (Å²) in [5.41, 5.74) is 1.86. The minimum absolute atomic E-state index is 0.132. The van der Waals surface area contributed by atoms with Crippen molar-refractivity contribution in [3.63, 3.8) is 0 Å². The molecule has 0 aliphatic rings. The number of aryl methyl sites for hydroxylation is 1. The van der Waals surface area contributed by atoms with Gasteiger partial charge in [-0.05, 0) is 55.3 Å². The van der Waals surface area contributed by atoms with Crippen molar-refractivity contribution in [2.45, 2.75) is 32.9 Å². The molecule has 1 amide bonds. The molecule has 0 fully saturated rings. The summed E-state index contributed by atoms with van der Waals surface area (Å²) < 4.78 is 11.0. The predicted octanol–water partition coefficient (Wildman–Crippen LogP) is 4.17. The van der Waals surface area contributed by atoms with Crippen LogP contribution in [0.5, 0.6) is 5.75 Å². The summed E-state index contributed by atoms with van der Waals surface area (Å²) >= 11 is 5.88. The van der Waals surface area contributed by atoms with Gasteiger partial charge in [-0.3, -0.25) is 4.79 Å². The Kier molecular flexibility index (Phi) is 6.08. The zero-order valence-corrected chi connectivity index (χ0v) is 15.9. The fraction of sp³-hybridized carbons (Fsp3) is 0.250. The fourth-order valence-corrected chi connectivity index (χ4v) is 2.62. The van der Waals surface area contributed by atoms with Crippen molar-refractivity contribution in [3.05, 3.63) is 65.0 Å². The fourth-order valence-electron chi connectivity index (χ4n) is 2.49. The van der Waals surface area contributed by atoms with E-state index in [0.717, 1.165) is 11.1 Å². The van der Waals surface area contributed by atoms with E-state index < -0.39 is 6.10 Å². The maximum Gasteiger partial charge on any atom is 0.261 e. The smallest absolute Gasteiger partial charge is 0.261 e. The first kappa shape index (κ1) is 18.9. The lowest BCUT2D eigenvalue weighted by Crippen LogP contribution is -2.37. The Balaban J connectivity index is 1.58. The van der Waals surface area contributed by atoms with Crippen LogP contribution in [-0.2, 0) is 11.3 Å². The minimum atomic E-state index is -0.592. The lowest BCUT2D eigenvalue weighted by atomic mass is 10.2. The van der Waals surface area contributed by atoms with Crippen molar-refractivity contribution in [1.82, 2.24) is 15.5 Å². The van der Waals surface area contributed by atoms with E-state index in [2.05, 4.69) is 15.5 Å². The third kappa shape index (κ3) is 5.08. The molecule has 1 heterocycles. The monoisotopic (exact) mass is 385 g/mol. The van der Waals surface area contributed by atoms with E-state index in [-0.39, 0.29) is 12.5 Å². The molecule has 2 aromatic carbocycles. The number of ether oxygens (including phenoxy) is 1. The van der Waals surface area contributed by atoms with Gasteiger partial charge in [-0.25, -0.2) is 0 Å². The Morgan fingerprint density at radius 3 is 2.74 bits per heavy atom. The van der Waals surface area contributed by atoms with Crippen LogP contribution >= 0.6 is 11.6 Å². The van der Waals surface area contributed by atoms with Gasteiger partial charge in [0.15, 0.2) is 6.10 Å². The molecule has 1 aromatic heterocycles. The number of aromatic nitrogens is 2. The van der Waals surface area contributed by atoms with Crippen LogP contribution in [0.25, 0.3) is 11.4 Å². The van der Waals surface area contributed by atoms with E-state index in [1.165, 1.54) is 0 Å². The lowest BCUT2D eigenvalue weighted by molar-refractivity contribution is -0.128. The van der Waals surface area contributed by atoms with Crippen molar-refractivity contribution in [3.8, 4) is 17.1 Å². The Bertz CT molecular complexity index is 909. The van der Waals surface area contributed by atoms with E-state index in [0.29, 0.717) is 28.9 Å². The first-order chi connectivity index (χ1) is 13.0. The second kappa shape index (κ2) is 8.68. The Morgan fingerprint density at radius 1 is 1.26 bits per heavy atom. The van der Waals surface area contributed by atoms with Gasteiger partial charge in [-0.1, -0.05) is 35.8 Å². The van der Waals surface area contributed by atoms with Crippen LogP contribution < -0.4 is 10.1 Å². The molecule has 0 bridgehead atoms. The summed E-state index contributed by atoms with van der Waals surface area (Å²) in [6.07, 6.45) is -0.0509. The van der Waals surface area contributed by atoms with Crippen LogP contribution in [0.2, 0.25) is 5.02 Å². The summed E-state index contributed by atoms with van der Waals surface area (Å²) in [5, 5.41) is 7.34. The van der Waals surface area contributed by atoms with Gasteiger partial charge in [-0.15, -0.1) is 0 Å². The largest absolute Gasteiger partial charge is 0.481 e. The molecular formula is C20H20ClN3O3. The van der Waals surface area contributed by atoms with E-state index in [1.807, 2.05) is 38.1 Å². The van der Waals surface area contributed by atoms with Crippen LogP contribution in [0.3, 0.4) is 0 Å². The Labute approximate surface area is 162 Å². The van der Waals surface area contributed by atoms with Gasteiger partial charge in [0.05, 0.1) is 6.54 Å². The highest BCUT2D eigenvalue weighted by Gasteiger charge is 2.19. The highest BCUT2D eigenvalue weighted by Crippen LogP contribution is 2.19. The molecule has 1 unspecified atom stereocenters. The standard InChI is InChI=1S/C20H20ClN3O3/c1-3-17(26-16-6-4-5-13(2)11-16)20(25)22-12-18-23-19(24-27-18)14-7-9-15(21)10-8-14/h4-11,17H,3,12H2,1-2H3,(H,22,25). The first-order valence-corrected chi connectivity index (χ1v) is 9.02. The number of benzene rings is 2.